The molecular formula is C23H22O5. The molecule has 0 unspecified atom stereocenters. The highest BCUT2D eigenvalue weighted by atomic mass is 16.5. The lowest BCUT2D eigenvalue weighted by Crippen LogP contribution is -2.09. The van der Waals surface area contributed by atoms with Crippen molar-refractivity contribution in [3.63, 3.8) is 0 Å². The zero-order valence-electron chi connectivity index (χ0n) is 15.9. The van der Waals surface area contributed by atoms with Crippen LogP contribution in [0.5, 0.6) is 17.2 Å². The molecule has 0 atom stereocenters. The number of hydrogen-bond acceptors (Lipinski definition) is 5. The zero-order chi connectivity index (χ0) is 19.8. The molecule has 0 bridgehead atoms. The van der Waals surface area contributed by atoms with Crippen LogP contribution in [0.25, 0.3) is 0 Å². The van der Waals surface area contributed by atoms with Crippen molar-refractivity contribution in [1.29, 1.82) is 0 Å². The van der Waals surface area contributed by atoms with E-state index in [0.717, 1.165) is 11.1 Å². The fourth-order valence-corrected chi connectivity index (χ4v) is 2.72. The summed E-state index contributed by atoms with van der Waals surface area (Å²) in [6, 6.07) is 22.7. The minimum atomic E-state index is -0.504. The normalized spacial score (nSPS) is 10.2. The van der Waals surface area contributed by atoms with Gasteiger partial charge in [-0.25, -0.2) is 4.79 Å². The summed E-state index contributed by atoms with van der Waals surface area (Å²) in [4.78, 5) is 12.3. The molecule has 0 aliphatic heterocycles. The van der Waals surface area contributed by atoms with Crippen molar-refractivity contribution in [2.75, 3.05) is 14.2 Å². The fraction of sp³-hybridized carbons (Fsp3) is 0.174. The van der Waals surface area contributed by atoms with Crippen LogP contribution in [0.1, 0.15) is 21.5 Å². The highest BCUT2D eigenvalue weighted by Crippen LogP contribution is 2.41. The SMILES string of the molecule is COC(=O)c1ccc(OC)c(OCc2ccccc2)c1OCc1ccccc1. The Balaban J connectivity index is 1.94. The van der Waals surface area contributed by atoms with Crippen molar-refractivity contribution in [2.45, 2.75) is 13.2 Å². The van der Waals surface area contributed by atoms with Gasteiger partial charge in [-0.2, -0.15) is 0 Å². The molecule has 3 aromatic carbocycles. The van der Waals surface area contributed by atoms with Gasteiger partial charge in [0.05, 0.1) is 14.2 Å². The monoisotopic (exact) mass is 378 g/mol. The first-order valence-electron chi connectivity index (χ1n) is 8.85. The van der Waals surface area contributed by atoms with Gasteiger partial charge in [-0.1, -0.05) is 60.7 Å². The molecule has 0 radical (unpaired) electrons. The maximum atomic E-state index is 12.3. The lowest BCUT2D eigenvalue weighted by atomic mass is 10.1. The average molecular weight is 378 g/mol. The van der Waals surface area contributed by atoms with Gasteiger partial charge >= 0.3 is 5.97 Å². The second kappa shape index (κ2) is 9.46. The molecule has 144 valence electrons. The van der Waals surface area contributed by atoms with Crippen LogP contribution in [0.15, 0.2) is 72.8 Å². The van der Waals surface area contributed by atoms with E-state index in [2.05, 4.69) is 0 Å². The summed E-state index contributed by atoms with van der Waals surface area (Å²) in [6.07, 6.45) is 0. The van der Waals surface area contributed by atoms with Gasteiger partial charge in [-0.3, -0.25) is 0 Å². The molecule has 0 aliphatic rings. The summed E-state index contributed by atoms with van der Waals surface area (Å²) in [5.41, 5.74) is 2.24. The predicted octanol–water partition coefficient (Wildman–Crippen LogP) is 4.64. The molecule has 0 N–H and O–H groups in total. The van der Waals surface area contributed by atoms with E-state index in [-0.39, 0.29) is 12.2 Å². The average Bonchev–Trinajstić information content (AvgIpc) is 2.76. The predicted molar refractivity (Wildman–Crippen MR) is 106 cm³/mol. The van der Waals surface area contributed by atoms with Crippen LogP contribution in [-0.2, 0) is 18.0 Å². The van der Waals surface area contributed by atoms with E-state index in [1.807, 2.05) is 60.7 Å². The topological polar surface area (TPSA) is 54.0 Å². The Morgan fingerprint density at radius 1 is 0.714 bits per heavy atom. The third kappa shape index (κ3) is 4.62. The molecule has 0 aliphatic carbocycles. The van der Waals surface area contributed by atoms with Crippen molar-refractivity contribution in [2.24, 2.45) is 0 Å². The molecule has 3 aromatic rings. The van der Waals surface area contributed by atoms with Crippen molar-refractivity contribution < 1.29 is 23.7 Å². The van der Waals surface area contributed by atoms with Crippen LogP contribution < -0.4 is 14.2 Å². The van der Waals surface area contributed by atoms with Crippen LogP contribution in [0.3, 0.4) is 0 Å². The van der Waals surface area contributed by atoms with Crippen LogP contribution in [0.4, 0.5) is 0 Å². The lowest BCUT2D eigenvalue weighted by molar-refractivity contribution is 0.0594. The first-order valence-corrected chi connectivity index (χ1v) is 8.85. The first kappa shape index (κ1) is 19.3. The van der Waals surface area contributed by atoms with Crippen LogP contribution in [0, 0.1) is 0 Å². The van der Waals surface area contributed by atoms with Crippen molar-refractivity contribution in [3.8, 4) is 17.2 Å². The van der Waals surface area contributed by atoms with Gasteiger partial charge in [-0.05, 0) is 23.3 Å². The summed E-state index contributed by atoms with van der Waals surface area (Å²) in [7, 11) is 2.88. The molecule has 0 aromatic heterocycles. The minimum absolute atomic E-state index is 0.277. The molecule has 3 rings (SSSR count). The van der Waals surface area contributed by atoms with Gasteiger partial charge < -0.3 is 18.9 Å². The molecule has 0 amide bonds. The van der Waals surface area contributed by atoms with Gasteiger partial charge in [0.25, 0.3) is 0 Å². The summed E-state index contributed by atoms with van der Waals surface area (Å²) in [5.74, 6) is 0.637. The molecule has 0 spiro atoms. The highest BCUT2D eigenvalue weighted by molar-refractivity contribution is 5.94. The summed E-state index contributed by atoms with van der Waals surface area (Å²) >= 11 is 0. The molecule has 0 heterocycles. The Morgan fingerprint density at radius 3 is 1.75 bits per heavy atom. The van der Waals surface area contributed by atoms with Gasteiger partial charge in [0.2, 0.25) is 5.75 Å². The van der Waals surface area contributed by atoms with E-state index in [1.165, 1.54) is 7.11 Å². The van der Waals surface area contributed by atoms with Crippen LogP contribution in [-0.4, -0.2) is 20.2 Å². The van der Waals surface area contributed by atoms with Crippen molar-refractivity contribution in [3.05, 3.63) is 89.5 Å². The fourth-order valence-electron chi connectivity index (χ4n) is 2.72. The number of ether oxygens (including phenoxy) is 4. The van der Waals surface area contributed by atoms with Gasteiger partial charge in [0.1, 0.15) is 18.8 Å². The Hall–Kier alpha value is -3.47. The molecule has 0 saturated carbocycles. The number of carbonyl (C=O) groups excluding carboxylic acids is 1. The minimum Gasteiger partial charge on any atom is -0.493 e. The van der Waals surface area contributed by atoms with Gasteiger partial charge in [0, 0.05) is 0 Å². The van der Waals surface area contributed by atoms with Gasteiger partial charge in [0.15, 0.2) is 11.5 Å². The maximum absolute atomic E-state index is 12.3. The number of rotatable bonds is 8. The molecule has 28 heavy (non-hydrogen) atoms. The maximum Gasteiger partial charge on any atom is 0.341 e. The Labute approximate surface area is 164 Å². The standard InChI is InChI=1S/C23H22O5/c1-25-20-14-13-19(23(24)26-2)21(27-15-17-9-5-3-6-10-17)22(20)28-16-18-11-7-4-8-12-18/h3-14H,15-16H2,1-2H3. The summed E-state index contributed by atoms with van der Waals surface area (Å²) in [6.45, 7) is 0.587. The van der Waals surface area contributed by atoms with Gasteiger partial charge in [-0.15, -0.1) is 0 Å². The van der Waals surface area contributed by atoms with E-state index in [0.29, 0.717) is 23.9 Å². The third-order valence-electron chi connectivity index (χ3n) is 4.15. The van der Waals surface area contributed by atoms with E-state index in [9.17, 15) is 4.79 Å². The quantitative estimate of drug-likeness (QED) is 0.535. The zero-order valence-corrected chi connectivity index (χ0v) is 15.9. The van der Waals surface area contributed by atoms with Crippen molar-refractivity contribution >= 4 is 5.97 Å². The second-order valence-electron chi connectivity index (χ2n) is 6.01. The number of methoxy groups -OCH3 is 2. The second-order valence-corrected chi connectivity index (χ2v) is 6.01. The summed E-state index contributed by atoms with van der Waals surface area (Å²) < 4.78 is 22.4. The highest BCUT2D eigenvalue weighted by Gasteiger charge is 2.22. The Bertz CT molecular complexity index is 907. The first-order chi connectivity index (χ1) is 13.7. The van der Waals surface area contributed by atoms with E-state index < -0.39 is 5.97 Å². The Kier molecular flexibility index (Phi) is 6.52. The van der Waals surface area contributed by atoms with E-state index in [4.69, 9.17) is 18.9 Å². The smallest absolute Gasteiger partial charge is 0.341 e. The number of hydrogen-bond donors (Lipinski definition) is 0. The van der Waals surface area contributed by atoms with Crippen molar-refractivity contribution in [1.82, 2.24) is 0 Å². The number of carbonyl (C=O) groups is 1. The molecular weight excluding hydrogens is 356 g/mol. The van der Waals surface area contributed by atoms with E-state index >= 15 is 0 Å². The largest absolute Gasteiger partial charge is 0.493 e. The summed E-state index contributed by atoms with van der Waals surface area (Å²) in [5, 5.41) is 0. The van der Waals surface area contributed by atoms with Crippen LogP contribution in [0.2, 0.25) is 0 Å². The lowest BCUT2D eigenvalue weighted by Gasteiger charge is -2.18. The molecule has 0 fully saturated rings. The van der Waals surface area contributed by atoms with E-state index in [1.54, 1.807) is 19.2 Å². The number of benzene rings is 3. The third-order valence-corrected chi connectivity index (χ3v) is 4.15. The van der Waals surface area contributed by atoms with Crippen LogP contribution >= 0.6 is 0 Å². The molecule has 0 saturated heterocycles. The molecule has 5 nitrogen and oxygen atoms in total. The Morgan fingerprint density at radius 2 is 1.25 bits per heavy atom. The molecule has 5 heteroatoms. The number of esters is 1.